The standard InChI is InChI=1S/C29H28N6O5S/c30-13-18-4-1-2-5-19(18)14-35-27(38)25-24(33-29(35)34-11-3-6-20(31)15-34)22(16-41-25)26(37)32-23(28(39)40)12-17-7-9-21(36)10-8-17/h1-2,4-5,7-10,16,20,23,36H,3,6,11-12,14-15,31H2,(H,32,37)(H,39,40)/t20-,23+/m1/s1. The number of aliphatic carboxylic acids is 1. The van der Waals surface area contributed by atoms with Crippen molar-refractivity contribution in [3.05, 3.63) is 86.5 Å². The molecule has 1 aliphatic rings. The third-order valence-electron chi connectivity index (χ3n) is 7.09. The Kier molecular flexibility index (Phi) is 8.00. The van der Waals surface area contributed by atoms with Gasteiger partial charge >= 0.3 is 5.97 Å². The number of phenolic OH excluding ortho intramolecular Hbond substituents is 1. The number of nitrogens with two attached hydrogens (primary N) is 1. The summed E-state index contributed by atoms with van der Waals surface area (Å²) in [6.45, 7) is 1.20. The number of carboxylic acids is 1. The Hall–Kier alpha value is -4.73. The second-order valence-electron chi connectivity index (χ2n) is 9.98. The molecule has 5 rings (SSSR count). The van der Waals surface area contributed by atoms with E-state index in [0.717, 1.165) is 24.2 Å². The van der Waals surface area contributed by atoms with Crippen molar-refractivity contribution in [2.24, 2.45) is 5.73 Å². The van der Waals surface area contributed by atoms with Gasteiger partial charge in [0.15, 0.2) is 0 Å². The minimum atomic E-state index is -1.25. The maximum Gasteiger partial charge on any atom is 0.326 e. The van der Waals surface area contributed by atoms with Crippen LogP contribution in [0.2, 0.25) is 0 Å². The molecule has 0 saturated carbocycles. The van der Waals surface area contributed by atoms with Crippen molar-refractivity contribution < 1.29 is 19.8 Å². The molecule has 12 heteroatoms. The number of rotatable bonds is 8. The fraction of sp³-hybridized carbons (Fsp3) is 0.276. The molecule has 41 heavy (non-hydrogen) atoms. The predicted molar refractivity (Wildman–Crippen MR) is 154 cm³/mol. The monoisotopic (exact) mass is 572 g/mol. The first-order chi connectivity index (χ1) is 19.7. The lowest BCUT2D eigenvalue weighted by Gasteiger charge is -2.33. The van der Waals surface area contributed by atoms with Gasteiger partial charge in [-0.2, -0.15) is 5.26 Å². The summed E-state index contributed by atoms with van der Waals surface area (Å²) in [6.07, 6.45) is 1.64. The van der Waals surface area contributed by atoms with Crippen LogP contribution in [0.3, 0.4) is 0 Å². The number of aromatic nitrogens is 2. The number of piperidine rings is 1. The molecule has 0 aliphatic carbocycles. The number of carboxylic acid groups (broad SMARTS) is 1. The molecule has 3 heterocycles. The number of fused-ring (bicyclic) bond motifs is 1. The Bertz CT molecular complexity index is 1710. The van der Waals surface area contributed by atoms with Gasteiger partial charge in [0.25, 0.3) is 11.5 Å². The highest BCUT2D eigenvalue weighted by Crippen LogP contribution is 2.27. The first kappa shape index (κ1) is 27.8. The van der Waals surface area contributed by atoms with E-state index in [4.69, 9.17) is 10.7 Å². The number of thiophene rings is 1. The third-order valence-corrected chi connectivity index (χ3v) is 8.05. The van der Waals surface area contributed by atoms with E-state index in [0.29, 0.717) is 35.7 Å². The topological polar surface area (TPSA) is 175 Å². The number of benzene rings is 2. The van der Waals surface area contributed by atoms with Gasteiger partial charge in [-0.1, -0.05) is 30.3 Å². The van der Waals surface area contributed by atoms with Crippen LogP contribution < -0.4 is 21.5 Å². The number of amides is 1. The number of aromatic hydroxyl groups is 1. The Labute approximate surface area is 239 Å². The Balaban J connectivity index is 1.54. The molecule has 0 bridgehead atoms. The van der Waals surface area contributed by atoms with Gasteiger partial charge in [-0.05, 0) is 42.2 Å². The van der Waals surface area contributed by atoms with E-state index in [-0.39, 0.29) is 46.1 Å². The lowest BCUT2D eigenvalue weighted by atomic mass is 10.1. The average molecular weight is 573 g/mol. The van der Waals surface area contributed by atoms with E-state index in [1.807, 2.05) is 4.90 Å². The van der Waals surface area contributed by atoms with Gasteiger partial charge in [0.05, 0.1) is 23.7 Å². The largest absolute Gasteiger partial charge is 0.508 e. The summed E-state index contributed by atoms with van der Waals surface area (Å²) in [5.41, 5.74) is 7.89. The van der Waals surface area contributed by atoms with Gasteiger partial charge in [0, 0.05) is 30.9 Å². The number of phenols is 1. The zero-order valence-corrected chi connectivity index (χ0v) is 22.8. The number of carbonyl (C=O) groups excluding carboxylic acids is 1. The van der Waals surface area contributed by atoms with Gasteiger partial charge in [-0.25, -0.2) is 9.78 Å². The molecule has 2 aromatic carbocycles. The van der Waals surface area contributed by atoms with Crippen molar-refractivity contribution in [1.82, 2.24) is 14.9 Å². The molecule has 1 aliphatic heterocycles. The van der Waals surface area contributed by atoms with Crippen molar-refractivity contribution in [3.63, 3.8) is 0 Å². The number of anilines is 1. The summed E-state index contributed by atoms with van der Waals surface area (Å²) in [5, 5.41) is 32.9. The molecule has 0 spiro atoms. The first-order valence-corrected chi connectivity index (χ1v) is 13.9. The van der Waals surface area contributed by atoms with Crippen LogP contribution >= 0.6 is 11.3 Å². The maximum atomic E-state index is 13.9. The quantitative estimate of drug-likeness (QED) is 0.247. The van der Waals surface area contributed by atoms with Crippen LogP contribution in [0.4, 0.5) is 5.95 Å². The van der Waals surface area contributed by atoms with E-state index in [9.17, 15) is 29.9 Å². The Morgan fingerprint density at radius 3 is 2.68 bits per heavy atom. The van der Waals surface area contributed by atoms with E-state index in [1.54, 1.807) is 36.4 Å². The number of nitriles is 1. The normalized spacial score (nSPS) is 15.8. The van der Waals surface area contributed by atoms with Crippen molar-refractivity contribution in [2.45, 2.75) is 37.9 Å². The zero-order chi connectivity index (χ0) is 29.1. The number of hydrogen-bond donors (Lipinski definition) is 4. The van der Waals surface area contributed by atoms with Crippen LogP contribution in [-0.2, 0) is 17.8 Å². The number of carbonyl (C=O) groups is 2. The SMILES string of the molecule is N#Cc1ccccc1Cn1c(N2CCC[C@@H](N)C2)nc2c(C(=O)N[C@@H](Cc3ccc(O)cc3)C(=O)O)csc2c1=O. The summed E-state index contributed by atoms with van der Waals surface area (Å²) in [5.74, 6) is -1.49. The minimum Gasteiger partial charge on any atom is -0.508 e. The highest BCUT2D eigenvalue weighted by Gasteiger charge is 2.28. The first-order valence-electron chi connectivity index (χ1n) is 13.1. The van der Waals surface area contributed by atoms with Crippen LogP contribution in [0, 0.1) is 11.3 Å². The van der Waals surface area contributed by atoms with Gasteiger partial charge in [0.1, 0.15) is 22.0 Å². The Morgan fingerprint density at radius 2 is 1.98 bits per heavy atom. The highest BCUT2D eigenvalue weighted by molar-refractivity contribution is 7.17. The van der Waals surface area contributed by atoms with E-state index >= 15 is 0 Å². The van der Waals surface area contributed by atoms with Gasteiger partial charge < -0.3 is 26.2 Å². The van der Waals surface area contributed by atoms with Crippen LogP contribution in [0.25, 0.3) is 10.2 Å². The molecule has 2 aromatic heterocycles. The lowest BCUT2D eigenvalue weighted by Crippen LogP contribution is -2.45. The molecule has 1 saturated heterocycles. The van der Waals surface area contributed by atoms with Crippen molar-refractivity contribution in [3.8, 4) is 11.8 Å². The molecule has 1 fully saturated rings. The smallest absolute Gasteiger partial charge is 0.326 e. The Morgan fingerprint density at radius 1 is 1.22 bits per heavy atom. The molecule has 2 atom stereocenters. The highest BCUT2D eigenvalue weighted by atomic mass is 32.1. The summed E-state index contributed by atoms with van der Waals surface area (Å²) >= 11 is 1.06. The number of nitrogens with zero attached hydrogens (tertiary/aromatic N) is 4. The molecule has 11 nitrogen and oxygen atoms in total. The van der Waals surface area contributed by atoms with Crippen LogP contribution in [0.1, 0.15) is 39.9 Å². The van der Waals surface area contributed by atoms with Crippen LogP contribution in [0.5, 0.6) is 5.75 Å². The summed E-state index contributed by atoms with van der Waals surface area (Å²) in [6, 6.07) is 13.9. The molecular weight excluding hydrogens is 544 g/mol. The summed E-state index contributed by atoms with van der Waals surface area (Å²) in [4.78, 5) is 45.9. The van der Waals surface area contributed by atoms with E-state index in [2.05, 4.69) is 11.4 Å². The average Bonchev–Trinajstić information content (AvgIpc) is 3.40. The maximum absolute atomic E-state index is 13.9. The third kappa shape index (κ3) is 5.91. The van der Waals surface area contributed by atoms with Crippen molar-refractivity contribution in [1.29, 1.82) is 5.26 Å². The van der Waals surface area contributed by atoms with Crippen LogP contribution in [-0.4, -0.2) is 56.8 Å². The molecule has 4 aromatic rings. The van der Waals surface area contributed by atoms with Crippen molar-refractivity contribution in [2.75, 3.05) is 18.0 Å². The fourth-order valence-electron chi connectivity index (χ4n) is 4.97. The van der Waals surface area contributed by atoms with Crippen molar-refractivity contribution >= 4 is 39.4 Å². The van der Waals surface area contributed by atoms with E-state index < -0.39 is 17.9 Å². The molecule has 210 valence electrons. The summed E-state index contributed by atoms with van der Waals surface area (Å²) < 4.78 is 1.76. The lowest BCUT2D eigenvalue weighted by molar-refractivity contribution is -0.139. The number of nitrogens with one attached hydrogen (secondary N) is 1. The predicted octanol–water partition coefficient (Wildman–Crippen LogP) is 2.44. The molecule has 0 unspecified atom stereocenters. The second-order valence-corrected chi connectivity index (χ2v) is 10.9. The summed E-state index contributed by atoms with van der Waals surface area (Å²) in [7, 11) is 0. The van der Waals surface area contributed by atoms with Gasteiger partial charge in [-0.15, -0.1) is 11.3 Å². The van der Waals surface area contributed by atoms with Gasteiger partial charge in [-0.3, -0.25) is 14.2 Å². The molecule has 5 N–H and O–H groups in total. The second kappa shape index (κ2) is 11.8. The zero-order valence-electron chi connectivity index (χ0n) is 22.0. The fourth-order valence-corrected chi connectivity index (χ4v) is 5.90. The van der Waals surface area contributed by atoms with Crippen LogP contribution in [0.15, 0.2) is 58.7 Å². The minimum absolute atomic E-state index is 0.00112. The molecule has 1 amide bonds. The molecular formula is C29H28N6O5S. The number of hydrogen-bond acceptors (Lipinski definition) is 9. The van der Waals surface area contributed by atoms with E-state index in [1.165, 1.54) is 22.1 Å². The van der Waals surface area contributed by atoms with Gasteiger partial charge in [0.2, 0.25) is 5.95 Å². The molecule has 0 radical (unpaired) electrons.